The normalized spacial score (nSPS) is 25.9. The summed E-state index contributed by atoms with van der Waals surface area (Å²) >= 11 is 0. The monoisotopic (exact) mass is 223 g/mol. The first-order chi connectivity index (χ1) is 7.76. The first kappa shape index (κ1) is 11.6. The molecule has 4 heteroatoms. The lowest BCUT2D eigenvalue weighted by Crippen LogP contribution is -2.16. The second kappa shape index (κ2) is 4.95. The van der Waals surface area contributed by atoms with Gasteiger partial charge in [-0.25, -0.2) is 0 Å². The third-order valence-electron chi connectivity index (χ3n) is 3.69. The third-order valence-corrected chi connectivity index (χ3v) is 3.69. The Bertz CT molecular complexity index is 340. The molecule has 0 amide bonds. The zero-order chi connectivity index (χ0) is 11.5. The van der Waals surface area contributed by atoms with Crippen molar-refractivity contribution in [2.24, 2.45) is 5.92 Å². The van der Waals surface area contributed by atoms with Crippen LogP contribution in [0.25, 0.3) is 0 Å². The predicted octanol–water partition coefficient (Wildman–Crippen LogP) is 2.08. The Labute approximate surface area is 96.7 Å². The van der Waals surface area contributed by atoms with Gasteiger partial charge in [-0.3, -0.25) is 0 Å². The van der Waals surface area contributed by atoms with Gasteiger partial charge in [0.1, 0.15) is 12.4 Å². The summed E-state index contributed by atoms with van der Waals surface area (Å²) in [7, 11) is 0. The number of nitrogens with zero attached hydrogens (tertiary/aromatic N) is 3. The number of aliphatic hydroxyl groups is 1. The Morgan fingerprint density at radius 3 is 2.50 bits per heavy atom. The second-order valence-electron chi connectivity index (χ2n) is 4.83. The highest BCUT2D eigenvalue weighted by atomic mass is 16.3. The largest absolute Gasteiger partial charge is 0.388 e. The summed E-state index contributed by atoms with van der Waals surface area (Å²) < 4.78 is 2.07. The fourth-order valence-electron chi connectivity index (χ4n) is 2.63. The van der Waals surface area contributed by atoms with E-state index in [0.717, 1.165) is 18.3 Å². The molecule has 2 rings (SSSR count). The van der Waals surface area contributed by atoms with E-state index in [-0.39, 0.29) is 6.61 Å². The topological polar surface area (TPSA) is 50.9 Å². The molecule has 0 radical (unpaired) electrons. The van der Waals surface area contributed by atoms with Gasteiger partial charge < -0.3 is 9.67 Å². The van der Waals surface area contributed by atoms with Gasteiger partial charge >= 0.3 is 0 Å². The molecule has 0 bridgehead atoms. The van der Waals surface area contributed by atoms with Gasteiger partial charge in [0, 0.05) is 12.5 Å². The van der Waals surface area contributed by atoms with Crippen LogP contribution in [0.15, 0.2) is 0 Å². The first-order valence-electron chi connectivity index (χ1n) is 6.29. The Hall–Kier alpha value is -0.900. The summed E-state index contributed by atoms with van der Waals surface area (Å²) in [6, 6.07) is 0. The molecule has 0 saturated heterocycles. The minimum absolute atomic E-state index is 0.00996. The lowest BCUT2D eigenvalue weighted by Gasteiger charge is -2.25. The van der Waals surface area contributed by atoms with Crippen LogP contribution in [0, 0.1) is 5.92 Å². The van der Waals surface area contributed by atoms with E-state index in [1.54, 1.807) is 0 Å². The Morgan fingerprint density at radius 1 is 1.25 bits per heavy atom. The highest BCUT2D eigenvalue weighted by molar-refractivity contribution is 5.03. The Kier molecular flexibility index (Phi) is 3.59. The van der Waals surface area contributed by atoms with Gasteiger partial charge in [0.05, 0.1) is 0 Å². The molecule has 1 aliphatic rings. The minimum Gasteiger partial charge on any atom is -0.388 e. The number of aromatic nitrogens is 3. The average Bonchev–Trinajstić information content (AvgIpc) is 2.72. The molecule has 90 valence electrons. The zero-order valence-corrected chi connectivity index (χ0v) is 10.2. The SMILES string of the molecule is CCn1c(CO)nnc1C1CCC(C)CC1. The lowest BCUT2D eigenvalue weighted by atomic mass is 9.82. The lowest BCUT2D eigenvalue weighted by molar-refractivity contribution is 0.263. The van der Waals surface area contributed by atoms with Crippen LogP contribution in [0.4, 0.5) is 0 Å². The quantitative estimate of drug-likeness (QED) is 0.853. The molecule has 1 fully saturated rings. The zero-order valence-electron chi connectivity index (χ0n) is 10.2. The standard InChI is InChI=1S/C12H21N3O/c1-3-15-11(8-16)13-14-12(15)10-6-4-9(2)5-7-10/h9-10,16H,3-8H2,1-2H3. The van der Waals surface area contributed by atoms with Gasteiger partial charge in [0.15, 0.2) is 5.82 Å². The van der Waals surface area contributed by atoms with E-state index in [4.69, 9.17) is 0 Å². The maximum absolute atomic E-state index is 9.18. The molecule has 1 aliphatic carbocycles. The molecule has 1 aromatic rings. The van der Waals surface area contributed by atoms with E-state index in [9.17, 15) is 5.11 Å². The van der Waals surface area contributed by atoms with Crippen LogP contribution in [0.3, 0.4) is 0 Å². The van der Waals surface area contributed by atoms with Crippen molar-refractivity contribution in [1.29, 1.82) is 0 Å². The summed E-state index contributed by atoms with van der Waals surface area (Å²) in [5.41, 5.74) is 0. The van der Waals surface area contributed by atoms with Gasteiger partial charge in [-0.1, -0.05) is 19.8 Å². The molecule has 0 aliphatic heterocycles. The van der Waals surface area contributed by atoms with E-state index in [0.29, 0.717) is 11.7 Å². The van der Waals surface area contributed by atoms with Crippen LogP contribution in [-0.2, 0) is 13.2 Å². The molecule has 0 aromatic carbocycles. The molecule has 16 heavy (non-hydrogen) atoms. The summed E-state index contributed by atoms with van der Waals surface area (Å²) in [4.78, 5) is 0. The Morgan fingerprint density at radius 2 is 1.94 bits per heavy atom. The molecule has 0 unspecified atom stereocenters. The van der Waals surface area contributed by atoms with Crippen LogP contribution >= 0.6 is 0 Å². The smallest absolute Gasteiger partial charge is 0.158 e. The van der Waals surface area contributed by atoms with Crippen LogP contribution in [0.5, 0.6) is 0 Å². The van der Waals surface area contributed by atoms with E-state index < -0.39 is 0 Å². The summed E-state index contributed by atoms with van der Waals surface area (Å²) in [6.07, 6.45) is 5.00. The van der Waals surface area contributed by atoms with Gasteiger partial charge in [0.25, 0.3) is 0 Å². The van der Waals surface area contributed by atoms with Gasteiger partial charge in [-0.15, -0.1) is 10.2 Å². The van der Waals surface area contributed by atoms with E-state index in [1.807, 2.05) is 0 Å². The van der Waals surface area contributed by atoms with Crippen molar-refractivity contribution in [3.8, 4) is 0 Å². The molecule has 0 spiro atoms. The van der Waals surface area contributed by atoms with Crippen molar-refractivity contribution >= 4 is 0 Å². The number of hydrogen-bond acceptors (Lipinski definition) is 3. The van der Waals surface area contributed by atoms with Crippen molar-refractivity contribution in [1.82, 2.24) is 14.8 Å². The van der Waals surface area contributed by atoms with Crippen LogP contribution < -0.4 is 0 Å². The number of rotatable bonds is 3. The van der Waals surface area contributed by atoms with Crippen LogP contribution in [-0.4, -0.2) is 19.9 Å². The van der Waals surface area contributed by atoms with Crippen LogP contribution in [0.2, 0.25) is 0 Å². The van der Waals surface area contributed by atoms with E-state index >= 15 is 0 Å². The van der Waals surface area contributed by atoms with Gasteiger partial charge in [-0.2, -0.15) is 0 Å². The number of hydrogen-bond donors (Lipinski definition) is 1. The van der Waals surface area contributed by atoms with Crippen molar-refractivity contribution in [3.05, 3.63) is 11.6 Å². The van der Waals surface area contributed by atoms with Gasteiger partial charge in [0.2, 0.25) is 0 Å². The molecule has 0 atom stereocenters. The van der Waals surface area contributed by atoms with Crippen LogP contribution in [0.1, 0.15) is 57.1 Å². The second-order valence-corrected chi connectivity index (χ2v) is 4.83. The predicted molar refractivity (Wildman–Crippen MR) is 62.0 cm³/mol. The third kappa shape index (κ3) is 2.12. The summed E-state index contributed by atoms with van der Waals surface area (Å²) in [5.74, 6) is 3.19. The van der Waals surface area contributed by atoms with E-state index in [2.05, 4.69) is 28.6 Å². The maximum atomic E-state index is 9.18. The molecule has 1 heterocycles. The fourth-order valence-corrected chi connectivity index (χ4v) is 2.63. The molecule has 1 N–H and O–H groups in total. The maximum Gasteiger partial charge on any atom is 0.158 e. The van der Waals surface area contributed by atoms with Crippen molar-refractivity contribution in [2.45, 2.75) is 58.6 Å². The summed E-state index contributed by atoms with van der Waals surface area (Å²) in [6.45, 7) is 5.24. The van der Waals surface area contributed by atoms with Crippen molar-refractivity contribution in [3.63, 3.8) is 0 Å². The molecular formula is C12H21N3O. The van der Waals surface area contributed by atoms with Crippen molar-refractivity contribution < 1.29 is 5.11 Å². The van der Waals surface area contributed by atoms with E-state index in [1.165, 1.54) is 25.7 Å². The highest BCUT2D eigenvalue weighted by Gasteiger charge is 2.24. The molecule has 4 nitrogen and oxygen atoms in total. The summed E-state index contributed by atoms with van der Waals surface area (Å²) in [5, 5.41) is 17.5. The fraction of sp³-hybridized carbons (Fsp3) is 0.833. The highest BCUT2D eigenvalue weighted by Crippen LogP contribution is 2.34. The van der Waals surface area contributed by atoms with Crippen molar-refractivity contribution in [2.75, 3.05) is 0 Å². The molecule has 1 saturated carbocycles. The molecule has 1 aromatic heterocycles. The van der Waals surface area contributed by atoms with Gasteiger partial charge in [-0.05, 0) is 25.7 Å². The Balaban J connectivity index is 2.16. The average molecular weight is 223 g/mol. The minimum atomic E-state index is -0.00996. The first-order valence-corrected chi connectivity index (χ1v) is 6.29. The number of aliphatic hydroxyl groups excluding tert-OH is 1. The molecular weight excluding hydrogens is 202 g/mol.